The fourth-order valence-corrected chi connectivity index (χ4v) is 4.24. The van der Waals surface area contributed by atoms with Gasteiger partial charge in [0.1, 0.15) is 11.6 Å². The van der Waals surface area contributed by atoms with Crippen LogP contribution in [0.4, 0.5) is 0 Å². The minimum absolute atomic E-state index is 0. The molecular weight excluding hydrogens is 527 g/mol. The van der Waals surface area contributed by atoms with Crippen LogP contribution in [-0.2, 0) is 13.1 Å². The van der Waals surface area contributed by atoms with E-state index in [2.05, 4.69) is 62.3 Å². The summed E-state index contributed by atoms with van der Waals surface area (Å²) in [4.78, 5) is 11.7. The van der Waals surface area contributed by atoms with Gasteiger partial charge in [-0.05, 0) is 63.0 Å². The number of aromatic nitrogens is 2. The largest absolute Gasteiger partial charge is 0.468 e. The van der Waals surface area contributed by atoms with Crippen LogP contribution in [0.3, 0.4) is 0 Å². The third kappa shape index (κ3) is 7.07. The molecule has 0 spiro atoms. The summed E-state index contributed by atoms with van der Waals surface area (Å²) in [5.41, 5.74) is 2.45. The smallest absolute Gasteiger partial charge is 0.191 e. The Kier molecular flexibility index (Phi) is 9.80. The second-order valence-electron chi connectivity index (χ2n) is 8.27. The summed E-state index contributed by atoms with van der Waals surface area (Å²) in [5.74, 6) is 2.87. The summed E-state index contributed by atoms with van der Waals surface area (Å²) in [7, 11) is 0. The maximum absolute atomic E-state index is 5.75. The minimum atomic E-state index is 0. The lowest BCUT2D eigenvalue weighted by Crippen LogP contribution is -2.42. The second kappa shape index (κ2) is 12.8. The zero-order chi connectivity index (χ0) is 22.2. The molecule has 2 N–H and O–H groups in total. The molecule has 0 saturated carbocycles. The molecule has 1 unspecified atom stereocenters. The number of hydrogen-bond acceptors (Lipinski definition) is 4. The number of halogens is 1. The van der Waals surface area contributed by atoms with Crippen molar-refractivity contribution in [3.63, 3.8) is 0 Å². The van der Waals surface area contributed by atoms with Gasteiger partial charge in [-0.2, -0.15) is 0 Å². The van der Waals surface area contributed by atoms with Gasteiger partial charge in [-0.1, -0.05) is 24.3 Å². The number of rotatable bonds is 9. The topological polar surface area (TPSA) is 70.6 Å². The molecule has 1 atom stereocenters. The Hall–Kier alpha value is -2.33. The van der Waals surface area contributed by atoms with E-state index in [9.17, 15) is 0 Å². The highest BCUT2D eigenvalue weighted by atomic mass is 127. The van der Waals surface area contributed by atoms with E-state index in [1.54, 1.807) is 6.26 Å². The number of imidazole rings is 1. The molecule has 1 aromatic carbocycles. The first-order valence-corrected chi connectivity index (χ1v) is 11.6. The quantitative estimate of drug-likeness (QED) is 0.231. The lowest BCUT2D eigenvalue weighted by molar-refractivity contribution is 0.215. The maximum atomic E-state index is 5.75. The highest BCUT2D eigenvalue weighted by molar-refractivity contribution is 14.0. The van der Waals surface area contributed by atoms with Crippen molar-refractivity contribution in [1.82, 2.24) is 25.1 Å². The SMILES string of the molecule is CCNC(=NCc1cccc(Cn2ccnc2C)c1)NCC(c1ccco1)N1CCCC1.I. The van der Waals surface area contributed by atoms with E-state index in [0.29, 0.717) is 6.54 Å². The Labute approximate surface area is 213 Å². The maximum Gasteiger partial charge on any atom is 0.191 e. The number of nitrogens with one attached hydrogen (secondary N) is 2. The van der Waals surface area contributed by atoms with Crippen LogP contribution in [0.1, 0.15) is 48.5 Å². The van der Waals surface area contributed by atoms with Gasteiger partial charge in [0, 0.05) is 32.0 Å². The summed E-state index contributed by atoms with van der Waals surface area (Å²) >= 11 is 0. The van der Waals surface area contributed by atoms with E-state index in [1.807, 2.05) is 25.4 Å². The molecule has 178 valence electrons. The van der Waals surface area contributed by atoms with Crippen molar-refractivity contribution in [3.8, 4) is 0 Å². The average molecular weight is 563 g/mol. The Bertz CT molecular complexity index is 994. The average Bonchev–Trinajstić information content (AvgIpc) is 3.57. The first-order valence-electron chi connectivity index (χ1n) is 11.6. The van der Waals surface area contributed by atoms with Gasteiger partial charge in [0.2, 0.25) is 0 Å². The second-order valence-corrected chi connectivity index (χ2v) is 8.27. The van der Waals surface area contributed by atoms with E-state index in [4.69, 9.17) is 9.41 Å². The van der Waals surface area contributed by atoms with Crippen LogP contribution in [0.2, 0.25) is 0 Å². The molecule has 3 aromatic rings. The molecule has 8 heteroatoms. The van der Waals surface area contributed by atoms with Gasteiger partial charge in [-0.15, -0.1) is 24.0 Å². The van der Waals surface area contributed by atoms with Gasteiger partial charge in [-0.3, -0.25) is 4.90 Å². The Morgan fingerprint density at radius 3 is 2.67 bits per heavy atom. The van der Waals surface area contributed by atoms with E-state index >= 15 is 0 Å². The third-order valence-electron chi connectivity index (χ3n) is 5.95. The predicted octanol–water partition coefficient (Wildman–Crippen LogP) is 4.34. The van der Waals surface area contributed by atoms with Crippen LogP contribution >= 0.6 is 24.0 Å². The Morgan fingerprint density at radius 2 is 1.97 bits per heavy atom. The van der Waals surface area contributed by atoms with Gasteiger partial charge in [0.25, 0.3) is 0 Å². The van der Waals surface area contributed by atoms with E-state index in [-0.39, 0.29) is 30.0 Å². The van der Waals surface area contributed by atoms with Crippen molar-refractivity contribution in [2.75, 3.05) is 26.2 Å². The van der Waals surface area contributed by atoms with Crippen molar-refractivity contribution >= 4 is 29.9 Å². The van der Waals surface area contributed by atoms with Gasteiger partial charge >= 0.3 is 0 Å². The summed E-state index contributed by atoms with van der Waals surface area (Å²) < 4.78 is 7.90. The molecule has 1 fully saturated rings. The number of furan rings is 1. The van der Waals surface area contributed by atoms with E-state index in [0.717, 1.165) is 50.3 Å². The predicted molar refractivity (Wildman–Crippen MR) is 143 cm³/mol. The zero-order valence-electron chi connectivity index (χ0n) is 19.5. The number of likely N-dealkylation sites (tertiary alicyclic amines) is 1. The van der Waals surface area contributed by atoms with Crippen LogP contribution in [0.15, 0.2) is 64.5 Å². The molecule has 7 nitrogen and oxygen atoms in total. The molecule has 1 saturated heterocycles. The lowest BCUT2D eigenvalue weighted by Gasteiger charge is -2.26. The first kappa shape index (κ1) is 25.3. The standard InChI is InChI=1S/C25H34N6O.HI/c1-3-26-25(29-18-23(24-10-7-15-32-24)30-12-4-5-13-30)28-17-21-8-6-9-22(16-21)19-31-14-11-27-20(31)2;/h6-11,14-16,23H,3-5,12-13,17-19H2,1-2H3,(H2,26,28,29);1H. The fraction of sp³-hybridized carbons (Fsp3) is 0.440. The number of benzene rings is 1. The monoisotopic (exact) mass is 562 g/mol. The van der Waals surface area contributed by atoms with Gasteiger partial charge in [0.15, 0.2) is 5.96 Å². The Morgan fingerprint density at radius 1 is 1.15 bits per heavy atom. The van der Waals surface area contributed by atoms with Crippen LogP contribution in [0.5, 0.6) is 0 Å². The summed E-state index contributed by atoms with van der Waals surface area (Å²) in [6, 6.07) is 12.9. The summed E-state index contributed by atoms with van der Waals surface area (Å²) in [6.07, 6.45) is 8.12. The molecule has 3 heterocycles. The number of aryl methyl sites for hydroxylation is 1. The molecule has 0 bridgehead atoms. The first-order chi connectivity index (χ1) is 15.7. The molecule has 4 rings (SSSR count). The van der Waals surface area contributed by atoms with Crippen molar-refractivity contribution in [1.29, 1.82) is 0 Å². The molecule has 1 aliphatic heterocycles. The minimum Gasteiger partial charge on any atom is -0.468 e. The number of nitrogens with zero attached hydrogens (tertiary/aromatic N) is 4. The molecular formula is C25H35IN6O. The zero-order valence-corrected chi connectivity index (χ0v) is 21.9. The molecule has 0 aliphatic carbocycles. The summed E-state index contributed by atoms with van der Waals surface area (Å²) in [5, 5.41) is 6.92. The van der Waals surface area contributed by atoms with Crippen molar-refractivity contribution in [3.05, 3.63) is 77.8 Å². The molecule has 33 heavy (non-hydrogen) atoms. The van der Waals surface area contributed by atoms with Gasteiger partial charge in [-0.25, -0.2) is 9.98 Å². The molecule has 2 aromatic heterocycles. The van der Waals surface area contributed by atoms with E-state index in [1.165, 1.54) is 24.0 Å². The summed E-state index contributed by atoms with van der Waals surface area (Å²) in [6.45, 7) is 9.38. The molecule has 0 radical (unpaired) electrons. The van der Waals surface area contributed by atoms with Crippen LogP contribution in [0, 0.1) is 6.92 Å². The normalized spacial score (nSPS) is 15.3. The Balaban J connectivity index is 0.00000306. The molecule has 1 aliphatic rings. The number of aliphatic imine (C=N–C) groups is 1. The van der Waals surface area contributed by atoms with Crippen molar-refractivity contribution in [2.24, 2.45) is 4.99 Å². The van der Waals surface area contributed by atoms with Crippen LogP contribution < -0.4 is 10.6 Å². The lowest BCUT2D eigenvalue weighted by atomic mass is 10.1. The van der Waals surface area contributed by atoms with Crippen molar-refractivity contribution < 1.29 is 4.42 Å². The fourth-order valence-electron chi connectivity index (χ4n) is 4.24. The number of guanidine groups is 1. The van der Waals surface area contributed by atoms with Crippen LogP contribution in [-0.4, -0.2) is 46.6 Å². The van der Waals surface area contributed by atoms with Crippen molar-refractivity contribution in [2.45, 2.75) is 45.8 Å². The van der Waals surface area contributed by atoms with Gasteiger partial charge in [0.05, 0.1) is 18.8 Å². The van der Waals surface area contributed by atoms with Gasteiger partial charge < -0.3 is 19.6 Å². The molecule has 0 amide bonds. The highest BCUT2D eigenvalue weighted by Crippen LogP contribution is 2.24. The third-order valence-corrected chi connectivity index (χ3v) is 5.95. The highest BCUT2D eigenvalue weighted by Gasteiger charge is 2.25. The van der Waals surface area contributed by atoms with E-state index < -0.39 is 0 Å². The number of hydrogen-bond donors (Lipinski definition) is 2. The van der Waals surface area contributed by atoms with Crippen LogP contribution in [0.25, 0.3) is 0 Å².